The fourth-order valence-corrected chi connectivity index (χ4v) is 2.17. The summed E-state index contributed by atoms with van der Waals surface area (Å²) in [5.41, 5.74) is 4.26. The molecule has 1 unspecified atom stereocenters. The van der Waals surface area contributed by atoms with Gasteiger partial charge in [-0.1, -0.05) is 23.3 Å². The zero-order chi connectivity index (χ0) is 11.5. The van der Waals surface area contributed by atoms with E-state index in [4.69, 9.17) is 0 Å². The standard InChI is InChI=1S/C14H19NO/c1-10-7-8-15-14(11(10)2)9-12-3-5-13(16)6-4-12/h3-6,14-16H,7-9H2,1-2H3. The van der Waals surface area contributed by atoms with E-state index in [0.29, 0.717) is 11.8 Å². The minimum Gasteiger partial charge on any atom is -0.508 e. The molecule has 0 saturated carbocycles. The van der Waals surface area contributed by atoms with Crippen molar-refractivity contribution in [2.24, 2.45) is 0 Å². The van der Waals surface area contributed by atoms with Crippen LogP contribution >= 0.6 is 0 Å². The number of benzene rings is 1. The normalized spacial score (nSPS) is 21.2. The number of phenolic OH excluding ortho intramolecular Hbond substituents is 1. The Morgan fingerprint density at radius 3 is 2.62 bits per heavy atom. The number of hydrogen-bond donors (Lipinski definition) is 2. The summed E-state index contributed by atoms with van der Waals surface area (Å²) in [5, 5.41) is 12.8. The monoisotopic (exact) mass is 217 g/mol. The van der Waals surface area contributed by atoms with Gasteiger partial charge < -0.3 is 10.4 Å². The Kier molecular flexibility index (Phi) is 3.30. The van der Waals surface area contributed by atoms with Gasteiger partial charge in [0.25, 0.3) is 0 Å². The van der Waals surface area contributed by atoms with E-state index >= 15 is 0 Å². The van der Waals surface area contributed by atoms with E-state index < -0.39 is 0 Å². The smallest absolute Gasteiger partial charge is 0.115 e. The molecule has 86 valence electrons. The molecule has 16 heavy (non-hydrogen) atoms. The molecule has 2 heteroatoms. The van der Waals surface area contributed by atoms with Crippen molar-refractivity contribution >= 4 is 0 Å². The predicted octanol–water partition coefficient (Wildman–Crippen LogP) is 2.63. The van der Waals surface area contributed by atoms with E-state index in [9.17, 15) is 5.11 Å². The fourth-order valence-electron chi connectivity index (χ4n) is 2.17. The first-order valence-electron chi connectivity index (χ1n) is 5.84. The lowest BCUT2D eigenvalue weighted by Gasteiger charge is -2.26. The number of rotatable bonds is 2. The van der Waals surface area contributed by atoms with E-state index in [0.717, 1.165) is 19.4 Å². The zero-order valence-electron chi connectivity index (χ0n) is 9.96. The SMILES string of the molecule is CC1=C(C)C(Cc2ccc(O)cc2)NCC1. The van der Waals surface area contributed by atoms with Gasteiger partial charge >= 0.3 is 0 Å². The van der Waals surface area contributed by atoms with Crippen LogP contribution in [0.5, 0.6) is 5.75 Å². The van der Waals surface area contributed by atoms with Gasteiger partial charge in [0.05, 0.1) is 0 Å². The zero-order valence-corrected chi connectivity index (χ0v) is 9.96. The summed E-state index contributed by atoms with van der Waals surface area (Å²) in [6.45, 7) is 5.51. The van der Waals surface area contributed by atoms with E-state index in [2.05, 4.69) is 19.2 Å². The van der Waals surface area contributed by atoms with Crippen molar-refractivity contribution in [1.29, 1.82) is 0 Å². The second-order valence-electron chi connectivity index (χ2n) is 4.59. The lowest BCUT2D eigenvalue weighted by Crippen LogP contribution is -2.37. The van der Waals surface area contributed by atoms with Crippen LogP contribution in [-0.2, 0) is 6.42 Å². The van der Waals surface area contributed by atoms with Gasteiger partial charge in [0.15, 0.2) is 0 Å². The van der Waals surface area contributed by atoms with Gasteiger partial charge in [0, 0.05) is 6.04 Å². The molecule has 2 nitrogen and oxygen atoms in total. The highest BCUT2D eigenvalue weighted by Gasteiger charge is 2.17. The average molecular weight is 217 g/mol. The van der Waals surface area contributed by atoms with Crippen LogP contribution in [0.3, 0.4) is 0 Å². The highest BCUT2D eigenvalue weighted by molar-refractivity contribution is 5.29. The van der Waals surface area contributed by atoms with Crippen molar-refractivity contribution in [2.75, 3.05) is 6.54 Å². The fraction of sp³-hybridized carbons (Fsp3) is 0.429. The molecule has 0 radical (unpaired) electrons. The van der Waals surface area contributed by atoms with Crippen LogP contribution in [0.1, 0.15) is 25.8 Å². The van der Waals surface area contributed by atoms with Crippen molar-refractivity contribution in [3.8, 4) is 5.75 Å². The third-order valence-electron chi connectivity index (χ3n) is 3.46. The number of phenols is 1. The highest BCUT2D eigenvalue weighted by Crippen LogP contribution is 2.20. The molecule has 0 aromatic heterocycles. The van der Waals surface area contributed by atoms with Crippen molar-refractivity contribution in [2.45, 2.75) is 32.7 Å². The van der Waals surface area contributed by atoms with Crippen LogP contribution in [0.15, 0.2) is 35.4 Å². The van der Waals surface area contributed by atoms with E-state index in [1.807, 2.05) is 12.1 Å². The average Bonchev–Trinajstić information content (AvgIpc) is 2.28. The first-order chi connectivity index (χ1) is 7.66. The lowest BCUT2D eigenvalue weighted by atomic mass is 9.92. The molecule has 1 aliphatic rings. The van der Waals surface area contributed by atoms with Crippen LogP contribution in [0, 0.1) is 0 Å². The molecule has 1 aliphatic heterocycles. The molecular formula is C14H19NO. The van der Waals surface area contributed by atoms with Gasteiger partial charge in [0.1, 0.15) is 5.75 Å². The molecule has 1 heterocycles. The van der Waals surface area contributed by atoms with Crippen LogP contribution < -0.4 is 5.32 Å². The minimum absolute atomic E-state index is 0.337. The summed E-state index contributed by atoms with van der Waals surface area (Å²) in [6.07, 6.45) is 2.17. The summed E-state index contributed by atoms with van der Waals surface area (Å²) < 4.78 is 0. The van der Waals surface area contributed by atoms with Gasteiger partial charge in [-0.2, -0.15) is 0 Å². The lowest BCUT2D eigenvalue weighted by molar-refractivity contribution is 0.474. The predicted molar refractivity (Wildman–Crippen MR) is 66.6 cm³/mol. The highest BCUT2D eigenvalue weighted by atomic mass is 16.3. The molecule has 0 saturated heterocycles. The quantitative estimate of drug-likeness (QED) is 0.746. The Bertz CT molecular complexity index is 392. The van der Waals surface area contributed by atoms with Gasteiger partial charge in [-0.15, -0.1) is 0 Å². The second kappa shape index (κ2) is 4.71. The number of nitrogens with one attached hydrogen (secondary N) is 1. The topological polar surface area (TPSA) is 32.3 Å². The van der Waals surface area contributed by atoms with E-state index in [1.54, 1.807) is 12.1 Å². The summed E-state index contributed by atoms with van der Waals surface area (Å²) in [4.78, 5) is 0. The molecule has 0 amide bonds. The van der Waals surface area contributed by atoms with Crippen molar-refractivity contribution < 1.29 is 5.11 Å². The first kappa shape index (κ1) is 11.2. The molecule has 1 aromatic carbocycles. The molecule has 1 atom stereocenters. The minimum atomic E-state index is 0.337. The molecule has 1 aromatic rings. The second-order valence-corrected chi connectivity index (χ2v) is 4.59. The van der Waals surface area contributed by atoms with Crippen LogP contribution in [0.2, 0.25) is 0 Å². The molecule has 0 fully saturated rings. The molecule has 0 aliphatic carbocycles. The Morgan fingerprint density at radius 2 is 1.94 bits per heavy atom. The summed E-state index contributed by atoms with van der Waals surface area (Å²) >= 11 is 0. The first-order valence-corrected chi connectivity index (χ1v) is 5.84. The summed E-state index contributed by atoms with van der Waals surface area (Å²) in [5.74, 6) is 0.337. The molecule has 0 bridgehead atoms. The summed E-state index contributed by atoms with van der Waals surface area (Å²) in [6, 6.07) is 7.95. The number of hydrogen-bond acceptors (Lipinski definition) is 2. The van der Waals surface area contributed by atoms with Crippen LogP contribution in [0.4, 0.5) is 0 Å². The van der Waals surface area contributed by atoms with Gasteiger partial charge in [-0.25, -0.2) is 0 Å². The van der Waals surface area contributed by atoms with Crippen LogP contribution in [0.25, 0.3) is 0 Å². The van der Waals surface area contributed by atoms with Crippen LogP contribution in [-0.4, -0.2) is 17.7 Å². The molecule has 2 N–H and O–H groups in total. The van der Waals surface area contributed by atoms with Gasteiger partial charge in [-0.3, -0.25) is 0 Å². The molecule has 2 rings (SSSR count). The molecular weight excluding hydrogens is 198 g/mol. The Labute approximate surface area is 97.0 Å². The third kappa shape index (κ3) is 2.45. The third-order valence-corrected chi connectivity index (χ3v) is 3.46. The number of aromatic hydroxyl groups is 1. The van der Waals surface area contributed by atoms with Gasteiger partial charge in [0.2, 0.25) is 0 Å². The molecule has 0 spiro atoms. The van der Waals surface area contributed by atoms with Crippen molar-refractivity contribution in [3.63, 3.8) is 0 Å². The maximum absolute atomic E-state index is 9.23. The van der Waals surface area contributed by atoms with E-state index in [-0.39, 0.29) is 0 Å². The van der Waals surface area contributed by atoms with Crippen molar-refractivity contribution in [1.82, 2.24) is 5.32 Å². The maximum atomic E-state index is 9.23. The Morgan fingerprint density at radius 1 is 1.25 bits per heavy atom. The Balaban J connectivity index is 2.10. The van der Waals surface area contributed by atoms with Crippen molar-refractivity contribution in [3.05, 3.63) is 41.0 Å². The Hall–Kier alpha value is -1.28. The van der Waals surface area contributed by atoms with Gasteiger partial charge in [-0.05, 0) is 50.9 Å². The maximum Gasteiger partial charge on any atom is 0.115 e. The largest absolute Gasteiger partial charge is 0.508 e. The summed E-state index contributed by atoms with van der Waals surface area (Å²) in [7, 11) is 0. The van der Waals surface area contributed by atoms with E-state index in [1.165, 1.54) is 16.7 Å².